The maximum atomic E-state index is 4.42. The Hall–Kier alpha value is -3.07. The van der Waals surface area contributed by atoms with E-state index in [1.54, 1.807) is 18.6 Å². The topological polar surface area (TPSA) is 37.6 Å². The van der Waals surface area contributed by atoms with Crippen molar-refractivity contribution in [2.24, 2.45) is 10.2 Å². The Morgan fingerprint density at radius 2 is 1.41 bits per heavy atom. The molecular formula is C19H15N3. The van der Waals surface area contributed by atoms with Crippen LogP contribution in [-0.4, -0.2) is 16.9 Å². The van der Waals surface area contributed by atoms with Crippen molar-refractivity contribution in [2.45, 2.75) is 0 Å². The second-order valence-corrected chi connectivity index (χ2v) is 4.71. The molecule has 3 rings (SSSR count). The number of rotatable bonds is 4. The van der Waals surface area contributed by atoms with Crippen LogP contribution in [-0.2, 0) is 0 Å². The van der Waals surface area contributed by atoms with Crippen molar-refractivity contribution in [1.82, 2.24) is 4.98 Å². The molecule has 0 bridgehead atoms. The molecule has 0 N–H and O–H groups in total. The predicted octanol–water partition coefficient (Wildman–Crippen LogP) is 3.95. The minimum Gasteiger partial charge on any atom is -0.264 e. The maximum absolute atomic E-state index is 4.42. The summed E-state index contributed by atoms with van der Waals surface area (Å²) in [4.78, 5) is 4.06. The summed E-state index contributed by atoms with van der Waals surface area (Å²) < 4.78 is 0. The zero-order valence-corrected chi connectivity index (χ0v) is 12.0. The van der Waals surface area contributed by atoms with Crippen molar-refractivity contribution >= 4 is 11.9 Å². The summed E-state index contributed by atoms with van der Waals surface area (Å²) in [7, 11) is 0. The quantitative estimate of drug-likeness (QED) is 0.528. The fourth-order valence-corrected chi connectivity index (χ4v) is 2.08. The van der Waals surface area contributed by atoms with Gasteiger partial charge >= 0.3 is 0 Å². The molecule has 0 saturated carbocycles. The van der Waals surface area contributed by atoms with Gasteiger partial charge in [-0.3, -0.25) is 4.98 Å². The van der Waals surface area contributed by atoms with Gasteiger partial charge in [0.25, 0.3) is 0 Å². The van der Waals surface area contributed by atoms with Crippen LogP contribution in [0.1, 0.15) is 16.7 Å². The molecule has 0 saturated heterocycles. The van der Waals surface area contributed by atoms with E-state index in [0.29, 0.717) is 0 Å². The van der Waals surface area contributed by atoms with Gasteiger partial charge in [-0.2, -0.15) is 5.10 Å². The molecule has 1 heterocycles. The zero-order chi connectivity index (χ0) is 15.0. The molecular weight excluding hydrogens is 270 g/mol. The van der Waals surface area contributed by atoms with Crippen LogP contribution in [0, 0.1) is 0 Å². The minimum atomic E-state index is 0.848. The Kier molecular flexibility index (Phi) is 4.47. The number of benzene rings is 2. The van der Waals surface area contributed by atoms with Crippen LogP contribution >= 0.6 is 0 Å². The van der Waals surface area contributed by atoms with E-state index in [4.69, 9.17) is 0 Å². The van der Waals surface area contributed by atoms with E-state index in [2.05, 4.69) is 15.2 Å². The highest BCUT2D eigenvalue weighted by molar-refractivity contribution is 6.12. The van der Waals surface area contributed by atoms with Gasteiger partial charge in [0.15, 0.2) is 0 Å². The van der Waals surface area contributed by atoms with Crippen molar-refractivity contribution in [3.63, 3.8) is 0 Å². The van der Waals surface area contributed by atoms with Crippen LogP contribution in [0.3, 0.4) is 0 Å². The van der Waals surface area contributed by atoms with Crippen molar-refractivity contribution in [2.75, 3.05) is 0 Å². The van der Waals surface area contributed by atoms with E-state index in [0.717, 1.165) is 22.4 Å². The Balaban J connectivity index is 1.96. The Morgan fingerprint density at radius 3 is 1.95 bits per heavy atom. The molecule has 3 aromatic rings. The van der Waals surface area contributed by atoms with E-state index >= 15 is 0 Å². The Labute approximate surface area is 129 Å². The highest BCUT2D eigenvalue weighted by Gasteiger charge is 2.05. The number of aromatic nitrogens is 1. The SMILES string of the molecule is C(=N/N=C(c1ccccc1)c1ccccc1)/c1cccnc1. The summed E-state index contributed by atoms with van der Waals surface area (Å²) in [5.74, 6) is 0. The molecule has 0 fully saturated rings. The second-order valence-electron chi connectivity index (χ2n) is 4.71. The third kappa shape index (κ3) is 3.52. The van der Waals surface area contributed by atoms with Crippen LogP contribution in [0.15, 0.2) is 95.4 Å². The number of hydrogen-bond donors (Lipinski definition) is 0. The van der Waals surface area contributed by atoms with E-state index in [1.807, 2.05) is 72.8 Å². The number of hydrogen-bond acceptors (Lipinski definition) is 3. The summed E-state index contributed by atoms with van der Waals surface area (Å²) in [5, 5.41) is 8.64. The highest BCUT2D eigenvalue weighted by atomic mass is 15.2. The summed E-state index contributed by atoms with van der Waals surface area (Å²) in [6.07, 6.45) is 5.20. The van der Waals surface area contributed by atoms with Gasteiger partial charge in [0, 0.05) is 29.1 Å². The molecule has 3 nitrogen and oxygen atoms in total. The predicted molar refractivity (Wildman–Crippen MR) is 90.4 cm³/mol. The molecule has 3 heteroatoms. The molecule has 0 amide bonds. The summed E-state index contributed by atoms with van der Waals surface area (Å²) in [6, 6.07) is 23.9. The monoisotopic (exact) mass is 285 g/mol. The standard InChI is InChI=1S/C19H15N3/c1-3-9-17(10-4-1)19(18-11-5-2-6-12-18)22-21-15-16-8-7-13-20-14-16/h1-15H/b21-15-. The first-order valence-corrected chi connectivity index (χ1v) is 7.05. The van der Waals surface area contributed by atoms with E-state index < -0.39 is 0 Å². The minimum absolute atomic E-state index is 0.848. The fourth-order valence-electron chi connectivity index (χ4n) is 2.08. The van der Waals surface area contributed by atoms with Crippen molar-refractivity contribution in [1.29, 1.82) is 0 Å². The lowest BCUT2D eigenvalue weighted by molar-refractivity contribution is 1.24. The molecule has 0 unspecified atom stereocenters. The smallest absolute Gasteiger partial charge is 0.100 e. The molecule has 0 atom stereocenters. The molecule has 0 radical (unpaired) electrons. The molecule has 0 aliphatic heterocycles. The largest absolute Gasteiger partial charge is 0.264 e. The summed E-state index contributed by atoms with van der Waals surface area (Å²) >= 11 is 0. The van der Waals surface area contributed by atoms with Crippen molar-refractivity contribution in [3.05, 3.63) is 102 Å². The van der Waals surface area contributed by atoms with Crippen LogP contribution in [0.2, 0.25) is 0 Å². The van der Waals surface area contributed by atoms with Gasteiger partial charge in [-0.05, 0) is 6.07 Å². The molecule has 0 spiro atoms. The lowest BCUT2D eigenvalue weighted by Crippen LogP contribution is -2.02. The van der Waals surface area contributed by atoms with Crippen LogP contribution in [0.5, 0.6) is 0 Å². The Morgan fingerprint density at radius 1 is 0.773 bits per heavy atom. The Bertz CT molecular complexity index is 722. The van der Waals surface area contributed by atoms with Gasteiger partial charge in [0.2, 0.25) is 0 Å². The first-order valence-electron chi connectivity index (χ1n) is 7.05. The van der Waals surface area contributed by atoms with E-state index in [-0.39, 0.29) is 0 Å². The molecule has 22 heavy (non-hydrogen) atoms. The molecule has 0 aliphatic rings. The van der Waals surface area contributed by atoms with Gasteiger partial charge in [0.1, 0.15) is 5.71 Å². The van der Waals surface area contributed by atoms with Crippen LogP contribution in [0.25, 0.3) is 0 Å². The summed E-state index contributed by atoms with van der Waals surface area (Å²) in [5.41, 5.74) is 3.85. The normalized spacial score (nSPS) is 10.5. The molecule has 106 valence electrons. The van der Waals surface area contributed by atoms with Crippen molar-refractivity contribution in [3.8, 4) is 0 Å². The molecule has 1 aromatic heterocycles. The third-order valence-electron chi connectivity index (χ3n) is 3.14. The van der Waals surface area contributed by atoms with Gasteiger partial charge in [-0.15, -0.1) is 5.10 Å². The van der Waals surface area contributed by atoms with Crippen LogP contribution < -0.4 is 0 Å². The van der Waals surface area contributed by atoms with E-state index in [9.17, 15) is 0 Å². The average molecular weight is 285 g/mol. The first kappa shape index (κ1) is 13.9. The lowest BCUT2D eigenvalue weighted by Gasteiger charge is -2.04. The zero-order valence-electron chi connectivity index (χ0n) is 12.0. The van der Waals surface area contributed by atoms with Crippen molar-refractivity contribution < 1.29 is 0 Å². The molecule has 0 aliphatic carbocycles. The highest BCUT2D eigenvalue weighted by Crippen LogP contribution is 2.11. The molecule has 2 aromatic carbocycles. The van der Waals surface area contributed by atoms with Gasteiger partial charge < -0.3 is 0 Å². The number of pyridine rings is 1. The average Bonchev–Trinajstić information content (AvgIpc) is 2.61. The third-order valence-corrected chi connectivity index (χ3v) is 3.14. The lowest BCUT2D eigenvalue weighted by atomic mass is 10.0. The van der Waals surface area contributed by atoms with Gasteiger partial charge in [-0.25, -0.2) is 0 Å². The van der Waals surface area contributed by atoms with Crippen LogP contribution in [0.4, 0.5) is 0 Å². The second kappa shape index (κ2) is 7.09. The van der Waals surface area contributed by atoms with Gasteiger partial charge in [-0.1, -0.05) is 66.7 Å². The fraction of sp³-hybridized carbons (Fsp3) is 0. The van der Waals surface area contributed by atoms with Gasteiger partial charge in [0.05, 0.1) is 6.21 Å². The van der Waals surface area contributed by atoms with E-state index in [1.165, 1.54) is 0 Å². The first-order chi connectivity index (χ1) is 10.9. The maximum Gasteiger partial charge on any atom is 0.100 e. The summed E-state index contributed by atoms with van der Waals surface area (Å²) in [6.45, 7) is 0. The number of nitrogens with zero attached hydrogens (tertiary/aromatic N) is 3.